The fourth-order valence-corrected chi connectivity index (χ4v) is 8.37. The molecule has 3 heterocycles. The maximum Gasteiger partial charge on any atom is 0.151 e. The summed E-state index contributed by atoms with van der Waals surface area (Å²) in [5.41, 5.74) is 8.95. The topological polar surface area (TPSA) is 52.0 Å². The Balaban J connectivity index is 1.38. The second-order valence-corrected chi connectivity index (χ2v) is 16.8. The van der Waals surface area contributed by atoms with Crippen molar-refractivity contribution < 1.29 is 4.52 Å². The van der Waals surface area contributed by atoms with Gasteiger partial charge in [0.15, 0.2) is 5.75 Å². The molecule has 0 bridgehead atoms. The summed E-state index contributed by atoms with van der Waals surface area (Å²) in [6, 6.07) is 45.0. The molecule has 0 aliphatic heterocycles. The molecular weight excluding hydrogens is 650 g/mol. The molecule has 5 aromatic carbocycles. The summed E-state index contributed by atoms with van der Waals surface area (Å²) in [6.07, 6.45) is 2.33. The average Bonchev–Trinajstić information content (AvgIpc) is 3.55. The summed E-state index contributed by atoms with van der Waals surface area (Å²) in [7, 11) is 0.827. The van der Waals surface area contributed by atoms with Crippen molar-refractivity contribution in [3.8, 4) is 50.9 Å². The molecule has 246 valence electrons. The first-order valence-corrected chi connectivity index (χ1v) is 21.1. The van der Waals surface area contributed by atoms with Gasteiger partial charge in [0, 0.05) is 46.2 Å². The highest BCUT2D eigenvalue weighted by Crippen LogP contribution is 2.45. The van der Waals surface area contributed by atoms with Crippen LogP contribution in [0, 0.1) is 0 Å². The smallest absolute Gasteiger partial charge is 0.151 e. The van der Waals surface area contributed by atoms with Gasteiger partial charge in [0.05, 0.1) is 30.9 Å². The Labute approximate surface area is 295 Å². The van der Waals surface area contributed by atoms with Crippen molar-refractivity contribution in [3.63, 3.8) is 0 Å². The van der Waals surface area contributed by atoms with E-state index >= 15 is 0 Å². The number of nitrogens with one attached hydrogen (secondary N) is 1. The summed E-state index contributed by atoms with van der Waals surface area (Å²) in [5, 5.41) is 10.4. The van der Waals surface area contributed by atoms with Gasteiger partial charge in [0.25, 0.3) is 0 Å². The Morgan fingerprint density at radius 2 is 1.26 bits per heavy atom. The number of nitrogens with zero attached hydrogens (tertiary/aromatic N) is 3. The van der Waals surface area contributed by atoms with Gasteiger partial charge in [-0.3, -0.25) is 0 Å². The van der Waals surface area contributed by atoms with Crippen LogP contribution in [0.25, 0.3) is 77.5 Å². The van der Waals surface area contributed by atoms with Crippen molar-refractivity contribution >= 4 is 54.2 Å². The summed E-state index contributed by atoms with van der Waals surface area (Å²) in [6.45, 7) is 8.83. The number of hydrogen-bond acceptors (Lipinski definition) is 4. The number of pyridine rings is 2. The van der Waals surface area contributed by atoms with Crippen LogP contribution in [0.4, 0.5) is 5.69 Å². The first kappa shape index (κ1) is 32.1. The third-order valence-corrected chi connectivity index (χ3v) is 10.9. The van der Waals surface area contributed by atoms with Crippen LogP contribution in [-0.2, 0) is 0 Å². The van der Waals surface area contributed by atoms with E-state index in [0.29, 0.717) is 0 Å². The molecule has 3 aromatic heterocycles. The number of aromatic nitrogens is 3. The van der Waals surface area contributed by atoms with Gasteiger partial charge < -0.3 is 14.2 Å². The van der Waals surface area contributed by atoms with Crippen molar-refractivity contribution in [2.45, 2.75) is 0 Å². The van der Waals surface area contributed by atoms with Gasteiger partial charge >= 0.3 is 0 Å². The van der Waals surface area contributed by atoms with Crippen LogP contribution in [0.1, 0.15) is 0 Å². The Bertz CT molecular complexity index is 2520. The van der Waals surface area contributed by atoms with Crippen LogP contribution in [0.5, 0.6) is 5.75 Å². The fraction of sp³-hybridized carbons (Fsp3) is 0.116. The minimum absolute atomic E-state index is 0.433. The predicted molar refractivity (Wildman–Crippen MR) is 217 cm³/mol. The highest BCUT2D eigenvalue weighted by Gasteiger charge is 2.21. The van der Waals surface area contributed by atoms with E-state index in [4.69, 9.17) is 14.5 Å². The second kappa shape index (κ2) is 13.3. The summed E-state index contributed by atoms with van der Waals surface area (Å²) in [4.78, 5) is 10.8. The Hall–Kier alpha value is -5.08. The van der Waals surface area contributed by atoms with Gasteiger partial charge in [-0.2, -0.15) is 0 Å². The molecule has 0 spiro atoms. The van der Waals surface area contributed by atoms with Crippen LogP contribution in [0.3, 0.4) is 0 Å². The fourth-order valence-electron chi connectivity index (χ4n) is 6.86. The monoisotopic (exact) mass is 688 g/mol. The molecule has 8 aromatic rings. The Morgan fingerprint density at radius 1 is 0.580 bits per heavy atom. The summed E-state index contributed by atoms with van der Waals surface area (Å²) < 4.78 is 8.94. The highest BCUT2D eigenvalue weighted by atomic mass is 31.1. The van der Waals surface area contributed by atoms with Crippen LogP contribution in [-0.4, -0.2) is 48.0 Å². The van der Waals surface area contributed by atoms with Crippen molar-refractivity contribution in [2.24, 2.45) is 0 Å². The Morgan fingerprint density at radius 3 is 2.00 bits per heavy atom. The molecule has 0 saturated heterocycles. The van der Waals surface area contributed by atoms with E-state index < -0.39 is 16.2 Å². The lowest BCUT2D eigenvalue weighted by Gasteiger charge is -2.17. The van der Waals surface area contributed by atoms with Gasteiger partial charge in [-0.1, -0.05) is 97.1 Å². The highest BCUT2D eigenvalue weighted by molar-refractivity contribution is 7.54. The van der Waals surface area contributed by atoms with Crippen LogP contribution in [0.2, 0.25) is 0 Å². The zero-order valence-electron chi connectivity index (χ0n) is 28.8. The van der Waals surface area contributed by atoms with E-state index in [1.165, 1.54) is 32.8 Å². The van der Waals surface area contributed by atoms with Crippen molar-refractivity contribution in [3.05, 3.63) is 134 Å². The van der Waals surface area contributed by atoms with Crippen molar-refractivity contribution in [2.75, 3.05) is 39.0 Å². The average molecular weight is 689 g/mol. The van der Waals surface area contributed by atoms with Crippen LogP contribution >= 0.6 is 16.2 Å². The predicted octanol–water partition coefficient (Wildman–Crippen LogP) is 12.0. The first-order valence-electron chi connectivity index (χ1n) is 16.7. The lowest BCUT2D eigenvalue weighted by molar-refractivity contribution is 0.622. The van der Waals surface area contributed by atoms with Gasteiger partial charge in [-0.15, -0.1) is 0 Å². The molecule has 0 radical (unpaired) electrons. The molecule has 0 saturated carbocycles. The molecular formula is C43H38N4OP2. The number of fused-ring (bicyclic) bond motifs is 3. The summed E-state index contributed by atoms with van der Waals surface area (Å²) >= 11 is 0. The molecule has 50 heavy (non-hydrogen) atoms. The van der Waals surface area contributed by atoms with E-state index in [-0.39, 0.29) is 0 Å². The van der Waals surface area contributed by atoms with E-state index in [1.807, 2.05) is 7.05 Å². The maximum atomic E-state index is 6.49. The quantitative estimate of drug-likeness (QED) is 0.161. The largest absolute Gasteiger partial charge is 0.472 e. The van der Waals surface area contributed by atoms with Crippen molar-refractivity contribution in [1.29, 1.82) is 0 Å². The minimum atomic E-state index is -0.700. The molecule has 0 amide bonds. The van der Waals surface area contributed by atoms with Gasteiger partial charge in [0.1, 0.15) is 5.69 Å². The minimum Gasteiger partial charge on any atom is -0.472 e. The number of anilines is 1. The molecule has 5 nitrogen and oxygen atoms in total. The SMILES string of the molecule is CNc1cc2ccccc2cc1-c1ccc(OP(C)C)c(-c2cc3ccccc3c(-c3cccc4c(-c5ccccc5)n(P(C)C)cc34)n2)n1. The molecule has 0 aliphatic carbocycles. The van der Waals surface area contributed by atoms with E-state index in [9.17, 15) is 0 Å². The summed E-state index contributed by atoms with van der Waals surface area (Å²) in [5.74, 6) is 0.740. The standard InChI is InChI=1S/C43H38N4OP2/c1-44-38-25-30-17-10-9-16-29(30)24-35(38)37-22-23-40(48-50(4)5)42(45-37)39-26-31-18-11-12-19-32(31)41(46-39)33-20-13-21-34-36(33)27-47(49(2)3)43(34)28-14-7-6-8-15-28/h6-27,44H,1-5H3. The van der Waals surface area contributed by atoms with E-state index in [2.05, 4.69) is 170 Å². The molecule has 1 N–H and O–H groups in total. The van der Waals surface area contributed by atoms with Crippen molar-refractivity contribution in [1.82, 2.24) is 14.3 Å². The first-order chi connectivity index (χ1) is 24.4. The van der Waals surface area contributed by atoms with E-state index in [1.54, 1.807) is 0 Å². The van der Waals surface area contributed by atoms with Crippen LogP contribution in [0.15, 0.2) is 134 Å². The molecule has 0 aliphatic rings. The molecule has 7 heteroatoms. The van der Waals surface area contributed by atoms with Gasteiger partial charge in [-0.25, -0.2) is 9.97 Å². The number of benzene rings is 5. The van der Waals surface area contributed by atoms with Gasteiger partial charge in [-0.05, 0) is 86.8 Å². The van der Waals surface area contributed by atoms with E-state index in [0.717, 1.165) is 56.1 Å². The number of rotatable bonds is 8. The Kier molecular flexibility index (Phi) is 8.57. The normalized spacial score (nSPS) is 11.7. The molecule has 8 rings (SSSR count). The zero-order valence-corrected chi connectivity index (χ0v) is 30.6. The molecule has 0 atom stereocenters. The maximum absolute atomic E-state index is 6.49. The number of hydrogen-bond donors (Lipinski definition) is 1. The molecule has 0 unspecified atom stereocenters. The van der Waals surface area contributed by atoms with Crippen LogP contribution < -0.4 is 9.84 Å². The second-order valence-electron chi connectivity index (χ2n) is 12.8. The molecule has 0 fully saturated rings. The third-order valence-electron chi connectivity index (χ3n) is 9.13. The zero-order chi connectivity index (χ0) is 34.4. The van der Waals surface area contributed by atoms with Gasteiger partial charge in [0.2, 0.25) is 0 Å². The third kappa shape index (κ3) is 5.81. The lowest BCUT2D eigenvalue weighted by Crippen LogP contribution is -1.99. The lowest BCUT2D eigenvalue weighted by atomic mass is 9.97.